The van der Waals surface area contributed by atoms with E-state index in [1.54, 1.807) is 6.26 Å². The average Bonchev–Trinajstić information content (AvgIpc) is 3.46. The lowest BCUT2D eigenvalue weighted by molar-refractivity contribution is -0.120. The zero-order valence-corrected chi connectivity index (χ0v) is 19.1. The van der Waals surface area contributed by atoms with Gasteiger partial charge in [-0.3, -0.25) is 9.36 Å². The Hall–Kier alpha value is -3.03. The third kappa shape index (κ3) is 5.60. The first kappa shape index (κ1) is 22.2. The van der Waals surface area contributed by atoms with Crippen LogP contribution in [0.2, 0.25) is 5.02 Å². The van der Waals surface area contributed by atoms with Crippen molar-refractivity contribution in [2.45, 2.75) is 30.3 Å². The highest BCUT2D eigenvalue weighted by Crippen LogP contribution is 2.28. The van der Waals surface area contributed by atoms with Crippen molar-refractivity contribution in [3.8, 4) is 11.4 Å². The summed E-state index contributed by atoms with van der Waals surface area (Å²) >= 11 is 7.41. The smallest absolute Gasteiger partial charge is 0.233 e. The van der Waals surface area contributed by atoms with E-state index in [-0.39, 0.29) is 11.2 Å². The number of thioether (sulfide) groups is 1. The molecule has 6 nitrogen and oxygen atoms in total. The van der Waals surface area contributed by atoms with E-state index in [2.05, 4.69) is 27.6 Å². The second kappa shape index (κ2) is 10.5. The van der Waals surface area contributed by atoms with Crippen molar-refractivity contribution in [3.63, 3.8) is 0 Å². The van der Waals surface area contributed by atoms with Gasteiger partial charge in [0.05, 0.1) is 18.1 Å². The van der Waals surface area contributed by atoms with E-state index < -0.39 is 0 Å². The number of carbonyl (C=O) groups excluding carboxylic acids is 1. The molecule has 32 heavy (non-hydrogen) atoms. The Morgan fingerprint density at radius 1 is 1.09 bits per heavy atom. The van der Waals surface area contributed by atoms with Gasteiger partial charge in [-0.05, 0) is 55.3 Å². The van der Waals surface area contributed by atoms with Gasteiger partial charge >= 0.3 is 0 Å². The number of rotatable bonds is 9. The molecular weight excluding hydrogens is 444 g/mol. The molecule has 0 saturated heterocycles. The zero-order valence-electron chi connectivity index (χ0n) is 17.6. The fourth-order valence-corrected chi connectivity index (χ4v) is 4.22. The Labute approximate surface area is 196 Å². The Bertz CT molecular complexity index is 1140. The Balaban J connectivity index is 1.47. The number of benzene rings is 2. The molecule has 1 unspecified atom stereocenters. The van der Waals surface area contributed by atoms with Crippen molar-refractivity contribution in [1.82, 2.24) is 20.1 Å². The lowest BCUT2D eigenvalue weighted by atomic mass is 10.1. The quantitative estimate of drug-likeness (QED) is 0.348. The highest BCUT2D eigenvalue weighted by atomic mass is 35.5. The Morgan fingerprint density at radius 2 is 1.88 bits per heavy atom. The van der Waals surface area contributed by atoms with Crippen LogP contribution >= 0.6 is 23.4 Å². The van der Waals surface area contributed by atoms with Crippen molar-refractivity contribution in [1.29, 1.82) is 0 Å². The van der Waals surface area contributed by atoms with Gasteiger partial charge in [0.1, 0.15) is 5.76 Å². The summed E-state index contributed by atoms with van der Waals surface area (Å²) in [5.41, 5.74) is 2.08. The maximum Gasteiger partial charge on any atom is 0.233 e. The van der Waals surface area contributed by atoms with E-state index >= 15 is 0 Å². The topological polar surface area (TPSA) is 73.0 Å². The second-order valence-electron chi connectivity index (χ2n) is 7.27. The predicted octanol–water partition coefficient (Wildman–Crippen LogP) is 5.08. The fourth-order valence-electron chi connectivity index (χ4n) is 3.22. The standard InChI is InChI=1S/C24H23ClN4O2S/c1-17(23(30)26-14-13-18-6-3-2-4-7-18)32-24-28-27-22(19-9-11-20(25)12-10-19)29(24)16-21-8-5-15-31-21/h2-12,15,17H,13-14,16H2,1H3,(H,26,30). The molecule has 0 aliphatic carbocycles. The van der Waals surface area contributed by atoms with Gasteiger partial charge in [-0.15, -0.1) is 10.2 Å². The highest BCUT2D eigenvalue weighted by molar-refractivity contribution is 8.00. The number of amides is 1. The van der Waals surface area contributed by atoms with Crippen LogP contribution in [0, 0.1) is 0 Å². The molecule has 1 N–H and O–H groups in total. The molecule has 0 bridgehead atoms. The normalized spacial score (nSPS) is 11.9. The van der Waals surface area contributed by atoms with Crippen molar-refractivity contribution in [2.75, 3.05) is 6.54 Å². The fraction of sp³-hybridized carbons (Fsp3) is 0.208. The number of hydrogen-bond acceptors (Lipinski definition) is 5. The maximum atomic E-state index is 12.7. The Morgan fingerprint density at radius 3 is 2.59 bits per heavy atom. The summed E-state index contributed by atoms with van der Waals surface area (Å²) in [5.74, 6) is 1.44. The minimum atomic E-state index is -0.330. The van der Waals surface area contributed by atoms with Crippen LogP contribution in [0.1, 0.15) is 18.2 Å². The molecule has 164 valence electrons. The maximum absolute atomic E-state index is 12.7. The third-order valence-corrected chi connectivity index (χ3v) is 6.25. The molecule has 0 radical (unpaired) electrons. The molecule has 0 saturated carbocycles. The summed E-state index contributed by atoms with van der Waals surface area (Å²) in [5, 5.41) is 12.7. The molecule has 0 fully saturated rings. The van der Waals surface area contributed by atoms with Crippen LogP contribution in [-0.4, -0.2) is 32.5 Å². The second-order valence-corrected chi connectivity index (χ2v) is 9.01. The largest absolute Gasteiger partial charge is 0.467 e. The molecule has 4 rings (SSSR count). The van der Waals surface area contributed by atoms with Gasteiger partial charge in [-0.25, -0.2) is 0 Å². The number of aromatic nitrogens is 3. The summed E-state index contributed by atoms with van der Waals surface area (Å²) in [6.07, 6.45) is 2.43. The minimum absolute atomic E-state index is 0.0356. The average molecular weight is 467 g/mol. The molecule has 1 atom stereocenters. The number of carbonyl (C=O) groups is 1. The van der Waals surface area contributed by atoms with Gasteiger partial charge in [-0.2, -0.15) is 0 Å². The van der Waals surface area contributed by atoms with E-state index in [1.807, 2.05) is 66.1 Å². The molecule has 0 spiro atoms. The van der Waals surface area contributed by atoms with Crippen LogP contribution in [0.5, 0.6) is 0 Å². The summed E-state index contributed by atoms with van der Waals surface area (Å²) in [7, 11) is 0. The minimum Gasteiger partial charge on any atom is -0.467 e. The first-order chi connectivity index (χ1) is 15.6. The number of hydrogen-bond donors (Lipinski definition) is 1. The lowest BCUT2D eigenvalue weighted by Gasteiger charge is -2.13. The first-order valence-corrected chi connectivity index (χ1v) is 11.6. The molecule has 2 heterocycles. The number of nitrogens with zero attached hydrogens (tertiary/aromatic N) is 3. The van der Waals surface area contributed by atoms with Gasteiger partial charge in [0, 0.05) is 17.1 Å². The first-order valence-electron chi connectivity index (χ1n) is 10.3. The van der Waals surface area contributed by atoms with Crippen LogP contribution in [0.3, 0.4) is 0 Å². The van der Waals surface area contributed by atoms with E-state index in [4.69, 9.17) is 16.0 Å². The molecule has 1 amide bonds. The molecule has 2 aromatic carbocycles. The van der Waals surface area contributed by atoms with Crippen LogP contribution in [0.15, 0.2) is 82.6 Å². The molecule has 0 aliphatic heterocycles. The van der Waals surface area contributed by atoms with Crippen LogP contribution < -0.4 is 5.32 Å². The van der Waals surface area contributed by atoms with Crippen molar-refractivity contribution in [3.05, 3.63) is 89.3 Å². The van der Waals surface area contributed by atoms with Gasteiger partial charge in [-0.1, -0.05) is 53.7 Å². The monoisotopic (exact) mass is 466 g/mol. The molecule has 0 aliphatic rings. The molecule has 8 heteroatoms. The summed E-state index contributed by atoms with van der Waals surface area (Å²) in [4.78, 5) is 12.7. The summed E-state index contributed by atoms with van der Waals surface area (Å²) in [6, 6.07) is 21.3. The predicted molar refractivity (Wildman–Crippen MR) is 127 cm³/mol. The van der Waals surface area contributed by atoms with Crippen molar-refractivity contribution < 1.29 is 9.21 Å². The Kier molecular flexibility index (Phi) is 7.29. The molecular formula is C24H23ClN4O2S. The molecule has 2 aromatic heterocycles. The van der Waals surface area contributed by atoms with Crippen molar-refractivity contribution in [2.24, 2.45) is 0 Å². The van der Waals surface area contributed by atoms with E-state index in [1.165, 1.54) is 17.3 Å². The summed E-state index contributed by atoms with van der Waals surface area (Å²) in [6.45, 7) is 2.92. The van der Waals surface area contributed by atoms with E-state index in [0.717, 1.165) is 17.7 Å². The van der Waals surface area contributed by atoms with Crippen LogP contribution in [-0.2, 0) is 17.8 Å². The molecule has 4 aromatic rings. The zero-order chi connectivity index (χ0) is 22.3. The third-order valence-electron chi connectivity index (χ3n) is 4.92. The number of halogens is 1. The van der Waals surface area contributed by atoms with Crippen LogP contribution in [0.25, 0.3) is 11.4 Å². The van der Waals surface area contributed by atoms with Crippen LogP contribution in [0.4, 0.5) is 0 Å². The lowest BCUT2D eigenvalue weighted by Crippen LogP contribution is -2.32. The van der Waals surface area contributed by atoms with Gasteiger partial charge in [0.15, 0.2) is 11.0 Å². The SMILES string of the molecule is CC(Sc1nnc(-c2ccc(Cl)cc2)n1Cc1ccco1)C(=O)NCCc1ccccc1. The van der Waals surface area contributed by atoms with Gasteiger partial charge < -0.3 is 9.73 Å². The van der Waals surface area contributed by atoms with E-state index in [0.29, 0.717) is 29.1 Å². The number of nitrogens with one attached hydrogen (secondary N) is 1. The van der Waals surface area contributed by atoms with Gasteiger partial charge in [0.25, 0.3) is 0 Å². The number of furan rings is 1. The van der Waals surface area contributed by atoms with Crippen molar-refractivity contribution >= 4 is 29.3 Å². The summed E-state index contributed by atoms with van der Waals surface area (Å²) < 4.78 is 7.49. The van der Waals surface area contributed by atoms with Gasteiger partial charge in [0.2, 0.25) is 5.91 Å². The highest BCUT2D eigenvalue weighted by Gasteiger charge is 2.21. The van der Waals surface area contributed by atoms with E-state index in [9.17, 15) is 4.79 Å².